The first kappa shape index (κ1) is 12.5. The number of anilines is 1. The number of hydrogen-bond donors (Lipinski definition) is 2. The van der Waals surface area contributed by atoms with Crippen LogP contribution in [0.4, 0.5) is 10.1 Å². The molecule has 0 spiro atoms. The molecule has 1 atom stereocenters. The second-order valence-corrected chi connectivity index (χ2v) is 4.58. The predicted molar refractivity (Wildman–Crippen MR) is 70.4 cm³/mol. The summed E-state index contributed by atoms with van der Waals surface area (Å²) >= 11 is 0. The van der Waals surface area contributed by atoms with Crippen molar-refractivity contribution >= 4 is 5.69 Å². The summed E-state index contributed by atoms with van der Waals surface area (Å²) in [7, 11) is 0. The molecule has 0 bridgehead atoms. The Balaban J connectivity index is 2.10. The molecule has 1 fully saturated rings. The van der Waals surface area contributed by atoms with Crippen molar-refractivity contribution in [3.05, 3.63) is 39.3 Å². The van der Waals surface area contributed by atoms with E-state index >= 15 is 0 Å². The molecular weight excluding hydrogens is 265 g/mol. The SMILES string of the molecule is O=c1[nH]cc(-c2nnccc2N2CC[C@H](F)C2)c(=O)[nH]1. The normalized spacial score (nSPS) is 18.4. The van der Waals surface area contributed by atoms with Gasteiger partial charge in [0, 0.05) is 19.3 Å². The number of rotatable bonds is 2. The van der Waals surface area contributed by atoms with E-state index in [0.29, 0.717) is 24.3 Å². The van der Waals surface area contributed by atoms with Crippen molar-refractivity contribution in [3.8, 4) is 11.3 Å². The van der Waals surface area contributed by atoms with Crippen molar-refractivity contribution in [2.24, 2.45) is 0 Å². The van der Waals surface area contributed by atoms with Crippen LogP contribution < -0.4 is 16.1 Å². The summed E-state index contributed by atoms with van der Waals surface area (Å²) < 4.78 is 13.3. The van der Waals surface area contributed by atoms with E-state index < -0.39 is 17.4 Å². The second-order valence-electron chi connectivity index (χ2n) is 4.58. The van der Waals surface area contributed by atoms with Crippen LogP contribution in [0.15, 0.2) is 28.0 Å². The first-order valence-electron chi connectivity index (χ1n) is 6.18. The standard InChI is InChI=1S/C12H12FN5O2/c13-7-2-4-18(6-7)9-1-3-15-17-10(9)8-5-14-12(20)16-11(8)19/h1,3,5,7H,2,4,6H2,(H2,14,16,19,20)/t7-/m0/s1. The Bertz CT molecular complexity index is 741. The Labute approximate surface area is 112 Å². The van der Waals surface area contributed by atoms with E-state index in [-0.39, 0.29) is 12.1 Å². The van der Waals surface area contributed by atoms with Gasteiger partial charge in [-0.1, -0.05) is 0 Å². The highest BCUT2D eigenvalue weighted by Crippen LogP contribution is 2.28. The van der Waals surface area contributed by atoms with Gasteiger partial charge in [-0.05, 0) is 12.5 Å². The molecule has 0 saturated carbocycles. The lowest BCUT2D eigenvalue weighted by Crippen LogP contribution is -2.25. The fourth-order valence-electron chi connectivity index (χ4n) is 2.29. The average molecular weight is 277 g/mol. The van der Waals surface area contributed by atoms with E-state index in [0.717, 1.165) is 0 Å². The number of aromatic nitrogens is 4. The van der Waals surface area contributed by atoms with Gasteiger partial charge in [-0.15, -0.1) is 5.10 Å². The van der Waals surface area contributed by atoms with Gasteiger partial charge in [-0.25, -0.2) is 9.18 Å². The van der Waals surface area contributed by atoms with E-state index in [9.17, 15) is 14.0 Å². The molecule has 1 saturated heterocycles. The Morgan fingerprint density at radius 2 is 2.25 bits per heavy atom. The molecule has 2 aromatic rings. The second kappa shape index (κ2) is 4.87. The fourth-order valence-corrected chi connectivity index (χ4v) is 2.29. The van der Waals surface area contributed by atoms with E-state index in [1.54, 1.807) is 6.07 Å². The lowest BCUT2D eigenvalue weighted by atomic mass is 10.2. The number of alkyl halides is 1. The molecule has 3 rings (SSSR count). The minimum Gasteiger partial charge on any atom is -0.367 e. The molecule has 1 aliphatic heterocycles. The van der Waals surface area contributed by atoms with Gasteiger partial charge in [-0.3, -0.25) is 9.78 Å². The number of aromatic amines is 2. The van der Waals surface area contributed by atoms with Crippen molar-refractivity contribution in [1.82, 2.24) is 20.2 Å². The highest BCUT2D eigenvalue weighted by atomic mass is 19.1. The topological polar surface area (TPSA) is 94.7 Å². The summed E-state index contributed by atoms with van der Waals surface area (Å²) in [6.07, 6.45) is 2.34. The monoisotopic (exact) mass is 277 g/mol. The third kappa shape index (κ3) is 2.20. The third-order valence-electron chi connectivity index (χ3n) is 3.25. The van der Waals surface area contributed by atoms with Gasteiger partial charge in [-0.2, -0.15) is 5.10 Å². The molecule has 7 nitrogen and oxygen atoms in total. The van der Waals surface area contributed by atoms with Crippen LogP contribution in [-0.4, -0.2) is 39.4 Å². The van der Waals surface area contributed by atoms with Gasteiger partial charge in [0.2, 0.25) is 0 Å². The van der Waals surface area contributed by atoms with Crippen LogP contribution in [0, 0.1) is 0 Å². The first-order chi connectivity index (χ1) is 9.65. The van der Waals surface area contributed by atoms with Gasteiger partial charge in [0.15, 0.2) is 0 Å². The summed E-state index contributed by atoms with van der Waals surface area (Å²) in [6, 6.07) is 1.69. The Hall–Kier alpha value is -2.51. The molecule has 104 valence electrons. The number of H-pyrrole nitrogens is 2. The minimum atomic E-state index is -0.884. The first-order valence-corrected chi connectivity index (χ1v) is 6.18. The predicted octanol–water partition coefficient (Wildman–Crippen LogP) is 0.0684. The van der Waals surface area contributed by atoms with Crippen LogP contribution in [0.3, 0.4) is 0 Å². The van der Waals surface area contributed by atoms with Crippen LogP contribution in [0.2, 0.25) is 0 Å². The van der Waals surface area contributed by atoms with Gasteiger partial charge in [0.25, 0.3) is 5.56 Å². The molecule has 3 heterocycles. The van der Waals surface area contributed by atoms with Gasteiger partial charge < -0.3 is 9.88 Å². The number of nitrogens with one attached hydrogen (secondary N) is 2. The van der Waals surface area contributed by atoms with Crippen LogP contribution >= 0.6 is 0 Å². The van der Waals surface area contributed by atoms with Gasteiger partial charge >= 0.3 is 5.69 Å². The zero-order valence-electron chi connectivity index (χ0n) is 10.5. The van der Waals surface area contributed by atoms with Gasteiger partial charge in [0.1, 0.15) is 11.9 Å². The molecule has 20 heavy (non-hydrogen) atoms. The zero-order valence-corrected chi connectivity index (χ0v) is 10.5. The van der Waals surface area contributed by atoms with Crippen molar-refractivity contribution in [1.29, 1.82) is 0 Å². The highest BCUT2D eigenvalue weighted by Gasteiger charge is 2.25. The fraction of sp³-hybridized carbons (Fsp3) is 0.333. The average Bonchev–Trinajstić information content (AvgIpc) is 2.85. The molecule has 0 aromatic carbocycles. The van der Waals surface area contributed by atoms with E-state index in [1.807, 2.05) is 4.90 Å². The zero-order chi connectivity index (χ0) is 14.1. The summed E-state index contributed by atoms with van der Waals surface area (Å²) in [5.74, 6) is 0. The van der Waals surface area contributed by atoms with Crippen LogP contribution in [0.25, 0.3) is 11.3 Å². The lowest BCUT2D eigenvalue weighted by Gasteiger charge is -2.19. The summed E-state index contributed by atoms with van der Waals surface area (Å²) in [5, 5.41) is 7.71. The van der Waals surface area contributed by atoms with E-state index in [4.69, 9.17) is 0 Å². The molecular formula is C12H12FN5O2. The van der Waals surface area contributed by atoms with Crippen molar-refractivity contribution in [2.75, 3.05) is 18.0 Å². The summed E-state index contributed by atoms with van der Waals surface area (Å²) in [6.45, 7) is 0.821. The molecule has 1 aliphatic rings. The number of nitrogens with zero attached hydrogens (tertiary/aromatic N) is 3. The Morgan fingerprint density at radius 1 is 1.40 bits per heavy atom. The van der Waals surface area contributed by atoms with Crippen molar-refractivity contribution < 1.29 is 4.39 Å². The highest BCUT2D eigenvalue weighted by molar-refractivity contribution is 5.73. The minimum absolute atomic E-state index is 0.204. The maximum absolute atomic E-state index is 13.3. The Kier molecular flexibility index (Phi) is 3.05. The largest absolute Gasteiger partial charge is 0.367 e. The quantitative estimate of drug-likeness (QED) is 0.810. The smallest absolute Gasteiger partial charge is 0.325 e. The Morgan fingerprint density at radius 3 is 2.95 bits per heavy atom. The van der Waals surface area contributed by atoms with Crippen LogP contribution in [0.1, 0.15) is 6.42 Å². The molecule has 0 unspecified atom stereocenters. The third-order valence-corrected chi connectivity index (χ3v) is 3.25. The van der Waals surface area contributed by atoms with Crippen molar-refractivity contribution in [3.63, 3.8) is 0 Å². The molecule has 2 aromatic heterocycles. The molecule has 2 N–H and O–H groups in total. The van der Waals surface area contributed by atoms with E-state index in [2.05, 4.69) is 20.2 Å². The van der Waals surface area contributed by atoms with Crippen LogP contribution in [-0.2, 0) is 0 Å². The molecule has 8 heteroatoms. The summed E-state index contributed by atoms with van der Waals surface area (Å²) in [5.41, 5.74) is 0.0347. The van der Waals surface area contributed by atoms with E-state index in [1.165, 1.54) is 12.4 Å². The van der Waals surface area contributed by atoms with Crippen molar-refractivity contribution in [2.45, 2.75) is 12.6 Å². The molecule has 0 aliphatic carbocycles. The lowest BCUT2D eigenvalue weighted by molar-refractivity contribution is 0.364. The molecule has 0 radical (unpaired) electrons. The molecule has 0 amide bonds. The van der Waals surface area contributed by atoms with Gasteiger partial charge in [0.05, 0.1) is 17.4 Å². The maximum atomic E-state index is 13.3. The van der Waals surface area contributed by atoms with Crippen LogP contribution in [0.5, 0.6) is 0 Å². The maximum Gasteiger partial charge on any atom is 0.325 e. The number of halogens is 1. The summed E-state index contributed by atoms with van der Waals surface area (Å²) in [4.78, 5) is 29.2. The number of hydrogen-bond acceptors (Lipinski definition) is 5.